The third kappa shape index (κ3) is 2.82. The van der Waals surface area contributed by atoms with Crippen molar-refractivity contribution in [3.8, 4) is 0 Å². The topological polar surface area (TPSA) is 52.7 Å². The van der Waals surface area contributed by atoms with E-state index in [1.165, 1.54) is 19.3 Å². The minimum Gasteiger partial charge on any atom is -0.314 e. The maximum atomic E-state index is 12.6. The fourth-order valence-corrected chi connectivity index (χ4v) is 5.49. The molecule has 0 bridgehead atoms. The van der Waals surface area contributed by atoms with Gasteiger partial charge in [0.1, 0.15) is 0 Å². The van der Waals surface area contributed by atoms with Crippen LogP contribution in [0, 0.1) is 5.92 Å². The number of rotatable bonds is 3. The van der Waals surface area contributed by atoms with Gasteiger partial charge < -0.3 is 5.32 Å². The van der Waals surface area contributed by atoms with Crippen molar-refractivity contribution < 1.29 is 8.42 Å². The predicted octanol–water partition coefficient (Wildman–Crippen LogP) is 0.791. The first-order chi connectivity index (χ1) is 9.18. The lowest BCUT2D eigenvalue weighted by Crippen LogP contribution is -2.50. The predicted molar refractivity (Wildman–Crippen MR) is 75.0 cm³/mol. The molecule has 19 heavy (non-hydrogen) atoms. The molecule has 0 aromatic heterocycles. The third-order valence-corrected chi connectivity index (χ3v) is 6.81. The molecule has 0 radical (unpaired) electrons. The summed E-state index contributed by atoms with van der Waals surface area (Å²) in [6, 6.07) is 0.538. The minimum absolute atomic E-state index is 0.508. The SMILES string of the molecule is O=S(=O)(N1CCCC1)N1CCCC(C2CCCN2)C1. The van der Waals surface area contributed by atoms with Crippen LogP contribution in [0.5, 0.6) is 0 Å². The van der Waals surface area contributed by atoms with Gasteiger partial charge in [0.15, 0.2) is 0 Å². The standard InChI is InChI=1S/C13H25N3O2S/c17-19(18,15-8-1-2-9-15)16-10-4-5-12(11-16)13-6-3-7-14-13/h12-14H,1-11H2. The first kappa shape index (κ1) is 13.8. The number of nitrogens with one attached hydrogen (secondary N) is 1. The zero-order valence-electron chi connectivity index (χ0n) is 11.6. The van der Waals surface area contributed by atoms with Gasteiger partial charge in [0.2, 0.25) is 0 Å². The summed E-state index contributed by atoms with van der Waals surface area (Å²) < 4.78 is 28.6. The Balaban J connectivity index is 1.66. The normalized spacial score (nSPS) is 34.9. The van der Waals surface area contributed by atoms with Gasteiger partial charge in [-0.05, 0) is 51.0 Å². The van der Waals surface area contributed by atoms with E-state index in [0.717, 1.165) is 32.4 Å². The van der Waals surface area contributed by atoms with Crippen molar-refractivity contribution in [2.75, 3.05) is 32.7 Å². The summed E-state index contributed by atoms with van der Waals surface area (Å²) in [5, 5.41) is 3.53. The van der Waals surface area contributed by atoms with Gasteiger partial charge in [-0.25, -0.2) is 0 Å². The van der Waals surface area contributed by atoms with Crippen molar-refractivity contribution >= 4 is 10.2 Å². The third-order valence-electron chi connectivity index (χ3n) is 4.81. The van der Waals surface area contributed by atoms with Crippen LogP contribution in [-0.2, 0) is 10.2 Å². The molecule has 2 atom stereocenters. The molecule has 0 saturated carbocycles. The molecule has 0 aliphatic carbocycles. The van der Waals surface area contributed by atoms with E-state index in [2.05, 4.69) is 5.32 Å². The molecule has 0 aromatic rings. The van der Waals surface area contributed by atoms with Gasteiger partial charge in [0, 0.05) is 32.2 Å². The van der Waals surface area contributed by atoms with Crippen LogP contribution in [0.1, 0.15) is 38.5 Å². The molecule has 0 amide bonds. The second kappa shape index (κ2) is 5.68. The second-order valence-corrected chi connectivity index (χ2v) is 8.01. The largest absolute Gasteiger partial charge is 0.314 e. The van der Waals surface area contributed by atoms with Crippen LogP contribution >= 0.6 is 0 Å². The summed E-state index contributed by atoms with van der Waals surface area (Å²) in [5.41, 5.74) is 0. The highest BCUT2D eigenvalue weighted by Gasteiger charge is 2.37. The smallest absolute Gasteiger partial charge is 0.281 e. The Labute approximate surface area is 116 Å². The molecule has 0 aromatic carbocycles. The summed E-state index contributed by atoms with van der Waals surface area (Å²) in [5.74, 6) is 0.508. The first-order valence-corrected chi connectivity index (χ1v) is 9.06. The molecule has 3 rings (SSSR count). The molecular weight excluding hydrogens is 262 g/mol. The van der Waals surface area contributed by atoms with E-state index in [9.17, 15) is 8.42 Å². The van der Waals surface area contributed by atoms with Gasteiger partial charge >= 0.3 is 0 Å². The fraction of sp³-hybridized carbons (Fsp3) is 1.00. The van der Waals surface area contributed by atoms with E-state index in [0.29, 0.717) is 31.6 Å². The van der Waals surface area contributed by atoms with Gasteiger partial charge in [0.25, 0.3) is 10.2 Å². The number of piperidine rings is 1. The highest BCUT2D eigenvalue weighted by atomic mass is 32.2. The Bertz CT molecular complexity index is 400. The average Bonchev–Trinajstić information content (AvgIpc) is 3.12. The van der Waals surface area contributed by atoms with Crippen molar-refractivity contribution in [3.05, 3.63) is 0 Å². The molecule has 2 unspecified atom stereocenters. The molecule has 0 spiro atoms. The molecule has 3 fully saturated rings. The Kier molecular flexibility index (Phi) is 4.12. The molecule has 6 heteroatoms. The Hall–Kier alpha value is -0.170. The van der Waals surface area contributed by atoms with Gasteiger partial charge in [-0.1, -0.05) is 0 Å². The Morgan fingerprint density at radius 2 is 1.63 bits per heavy atom. The van der Waals surface area contributed by atoms with Crippen molar-refractivity contribution in [3.63, 3.8) is 0 Å². The first-order valence-electron chi connectivity index (χ1n) is 7.66. The van der Waals surface area contributed by atoms with E-state index < -0.39 is 10.2 Å². The van der Waals surface area contributed by atoms with Crippen LogP contribution in [0.3, 0.4) is 0 Å². The molecule has 110 valence electrons. The minimum atomic E-state index is -3.19. The van der Waals surface area contributed by atoms with Crippen LogP contribution in [0.15, 0.2) is 0 Å². The monoisotopic (exact) mass is 287 g/mol. The van der Waals surface area contributed by atoms with E-state index in [1.54, 1.807) is 8.61 Å². The van der Waals surface area contributed by atoms with Crippen LogP contribution in [0.2, 0.25) is 0 Å². The van der Waals surface area contributed by atoms with Gasteiger partial charge in [-0.3, -0.25) is 0 Å². The molecule has 3 saturated heterocycles. The number of hydrogen-bond acceptors (Lipinski definition) is 3. The fourth-order valence-electron chi connectivity index (χ4n) is 3.71. The quantitative estimate of drug-likeness (QED) is 0.835. The molecular formula is C13H25N3O2S. The van der Waals surface area contributed by atoms with Crippen molar-refractivity contribution in [1.82, 2.24) is 13.9 Å². The maximum absolute atomic E-state index is 12.6. The number of nitrogens with zero attached hydrogens (tertiary/aromatic N) is 2. The number of hydrogen-bond donors (Lipinski definition) is 1. The molecule has 5 nitrogen and oxygen atoms in total. The van der Waals surface area contributed by atoms with Gasteiger partial charge in [0.05, 0.1) is 0 Å². The maximum Gasteiger partial charge on any atom is 0.281 e. The average molecular weight is 287 g/mol. The Morgan fingerprint density at radius 3 is 2.32 bits per heavy atom. The Morgan fingerprint density at radius 1 is 0.895 bits per heavy atom. The van der Waals surface area contributed by atoms with E-state index in [4.69, 9.17) is 0 Å². The summed E-state index contributed by atoms with van der Waals surface area (Å²) in [6.45, 7) is 3.95. The zero-order valence-corrected chi connectivity index (χ0v) is 12.4. The molecule has 3 aliphatic heterocycles. The second-order valence-electron chi connectivity index (χ2n) is 6.08. The van der Waals surface area contributed by atoms with E-state index in [1.807, 2.05) is 0 Å². The van der Waals surface area contributed by atoms with Crippen molar-refractivity contribution in [1.29, 1.82) is 0 Å². The highest BCUT2D eigenvalue weighted by molar-refractivity contribution is 7.86. The lowest BCUT2D eigenvalue weighted by atomic mass is 9.91. The van der Waals surface area contributed by atoms with Crippen molar-refractivity contribution in [2.24, 2.45) is 5.92 Å². The van der Waals surface area contributed by atoms with Crippen molar-refractivity contribution in [2.45, 2.75) is 44.6 Å². The lowest BCUT2D eigenvalue weighted by molar-refractivity contribution is 0.217. The van der Waals surface area contributed by atoms with E-state index in [-0.39, 0.29) is 0 Å². The molecule has 1 N–H and O–H groups in total. The van der Waals surface area contributed by atoms with Crippen LogP contribution in [-0.4, -0.2) is 55.8 Å². The summed E-state index contributed by atoms with van der Waals surface area (Å²) in [6.07, 6.45) is 6.66. The van der Waals surface area contributed by atoms with Gasteiger partial charge in [-0.15, -0.1) is 0 Å². The highest BCUT2D eigenvalue weighted by Crippen LogP contribution is 2.28. The summed E-state index contributed by atoms with van der Waals surface area (Å²) >= 11 is 0. The summed E-state index contributed by atoms with van der Waals surface area (Å²) in [4.78, 5) is 0. The summed E-state index contributed by atoms with van der Waals surface area (Å²) in [7, 11) is -3.19. The molecule has 3 aliphatic rings. The zero-order chi connectivity index (χ0) is 13.3. The molecule has 3 heterocycles. The van der Waals surface area contributed by atoms with Gasteiger partial charge in [-0.2, -0.15) is 17.0 Å². The van der Waals surface area contributed by atoms with Crippen LogP contribution in [0.25, 0.3) is 0 Å². The van der Waals surface area contributed by atoms with Crippen LogP contribution in [0.4, 0.5) is 0 Å². The van der Waals surface area contributed by atoms with Crippen LogP contribution < -0.4 is 5.32 Å². The lowest BCUT2D eigenvalue weighted by Gasteiger charge is -2.36. The van der Waals surface area contributed by atoms with E-state index >= 15 is 0 Å².